The molecule has 1 aromatic carbocycles. The fourth-order valence-corrected chi connectivity index (χ4v) is 4.34. The number of rotatable bonds is 6. The molecule has 34 heavy (non-hydrogen) atoms. The van der Waals surface area contributed by atoms with Crippen LogP contribution in [0, 0.1) is 0 Å². The summed E-state index contributed by atoms with van der Waals surface area (Å²) < 4.78 is 2.06. The van der Waals surface area contributed by atoms with Crippen molar-refractivity contribution in [1.82, 2.24) is 24.6 Å². The summed E-state index contributed by atoms with van der Waals surface area (Å²) in [6.45, 7) is 0.111. The van der Waals surface area contributed by atoms with E-state index in [1.165, 1.54) is 12.1 Å². The summed E-state index contributed by atoms with van der Waals surface area (Å²) in [7, 11) is 0. The number of pyridine rings is 1. The standard InChI is InChI=1S/C24H26ClN5O4/c25-20-9-8-18(13-19(20)22(32)27-16-24(34)10-4-1-2-5-11-24)30-23(33)29(21(31)14-28-30)15-17-7-3-6-12-26-17/h3,6-9,12-14,34H,1-2,4-5,10-11,15-16H2,(H,27,32). The number of carbonyl (C=O) groups excluding carboxylic acids is 1. The molecule has 0 radical (unpaired) electrons. The highest BCUT2D eigenvalue weighted by molar-refractivity contribution is 6.33. The number of hydrogen-bond acceptors (Lipinski definition) is 6. The first kappa shape index (κ1) is 23.8. The zero-order valence-electron chi connectivity index (χ0n) is 18.6. The van der Waals surface area contributed by atoms with E-state index in [2.05, 4.69) is 15.4 Å². The zero-order valence-corrected chi connectivity index (χ0v) is 19.4. The molecule has 2 N–H and O–H groups in total. The second-order valence-electron chi connectivity index (χ2n) is 8.57. The maximum atomic E-state index is 13.0. The maximum Gasteiger partial charge on any atom is 0.352 e. The minimum Gasteiger partial charge on any atom is -0.388 e. The second kappa shape index (κ2) is 10.3. The molecule has 9 nitrogen and oxygen atoms in total. The Labute approximate surface area is 201 Å². The molecule has 1 aliphatic carbocycles. The fourth-order valence-electron chi connectivity index (χ4n) is 4.13. The van der Waals surface area contributed by atoms with Crippen molar-refractivity contribution in [3.05, 3.63) is 85.9 Å². The van der Waals surface area contributed by atoms with Crippen LogP contribution in [0.3, 0.4) is 0 Å². The quantitative estimate of drug-likeness (QED) is 0.519. The van der Waals surface area contributed by atoms with Gasteiger partial charge in [-0.1, -0.05) is 43.4 Å². The Kier molecular flexibility index (Phi) is 7.23. The molecule has 1 amide bonds. The summed E-state index contributed by atoms with van der Waals surface area (Å²) in [5.41, 5.74) is -1.19. The van der Waals surface area contributed by atoms with Gasteiger partial charge in [0, 0.05) is 12.7 Å². The van der Waals surface area contributed by atoms with Gasteiger partial charge in [0.15, 0.2) is 0 Å². The number of aliphatic hydroxyl groups is 1. The van der Waals surface area contributed by atoms with Gasteiger partial charge in [0.1, 0.15) is 6.20 Å². The summed E-state index contributed by atoms with van der Waals surface area (Å²) in [5.74, 6) is -0.459. The smallest absolute Gasteiger partial charge is 0.352 e. The Morgan fingerprint density at radius 2 is 1.88 bits per heavy atom. The molecule has 0 aliphatic heterocycles. The number of benzene rings is 1. The van der Waals surface area contributed by atoms with Crippen molar-refractivity contribution in [2.45, 2.75) is 50.7 Å². The number of amides is 1. The van der Waals surface area contributed by atoms with E-state index in [0.29, 0.717) is 18.5 Å². The van der Waals surface area contributed by atoms with Crippen LogP contribution in [0.1, 0.15) is 54.6 Å². The molecule has 3 aromatic rings. The van der Waals surface area contributed by atoms with Gasteiger partial charge in [-0.25, -0.2) is 4.79 Å². The Balaban J connectivity index is 1.59. The number of carbonyl (C=O) groups is 1. The third kappa shape index (κ3) is 5.43. The van der Waals surface area contributed by atoms with Gasteiger partial charge in [0.25, 0.3) is 11.5 Å². The Hall–Kier alpha value is -3.30. The lowest BCUT2D eigenvalue weighted by atomic mass is 9.94. The minimum absolute atomic E-state index is 0.0134. The molecular formula is C24H26ClN5O4. The van der Waals surface area contributed by atoms with E-state index in [4.69, 9.17) is 11.6 Å². The number of aromatic nitrogens is 4. The maximum absolute atomic E-state index is 13.0. The van der Waals surface area contributed by atoms with Gasteiger partial charge in [-0.3, -0.25) is 19.1 Å². The zero-order chi connectivity index (χ0) is 24.1. The molecule has 0 bridgehead atoms. The van der Waals surface area contributed by atoms with Crippen LogP contribution in [0.25, 0.3) is 5.69 Å². The summed E-state index contributed by atoms with van der Waals surface area (Å²) in [4.78, 5) is 42.4. The molecule has 1 fully saturated rings. The normalized spacial score (nSPS) is 15.5. The third-order valence-electron chi connectivity index (χ3n) is 6.06. The molecule has 2 heterocycles. The van der Waals surface area contributed by atoms with E-state index in [9.17, 15) is 19.5 Å². The molecule has 10 heteroatoms. The molecule has 2 aromatic heterocycles. The van der Waals surface area contributed by atoms with Gasteiger partial charge in [-0.05, 0) is 43.2 Å². The topological polar surface area (TPSA) is 119 Å². The van der Waals surface area contributed by atoms with Crippen LogP contribution < -0.4 is 16.6 Å². The van der Waals surface area contributed by atoms with E-state index in [1.807, 2.05) is 0 Å². The molecule has 0 unspecified atom stereocenters. The molecular weight excluding hydrogens is 458 g/mol. The van der Waals surface area contributed by atoms with Crippen molar-refractivity contribution in [3.8, 4) is 5.69 Å². The Bertz CT molecular complexity index is 1280. The van der Waals surface area contributed by atoms with E-state index >= 15 is 0 Å². The lowest BCUT2D eigenvalue weighted by molar-refractivity contribution is 0.0246. The van der Waals surface area contributed by atoms with Crippen molar-refractivity contribution in [2.24, 2.45) is 0 Å². The summed E-state index contributed by atoms with van der Waals surface area (Å²) in [5, 5.41) is 17.8. The van der Waals surface area contributed by atoms with Crippen molar-refractivity contribution in [2.75, 3.05) is 6.54 Å². The summed E-state index contributed by atoms with van der Waals surface area (Å²) >= 11 is 6.27. The Morgan fingerprint density at radius 1 is 1.12 bits per heavy atom. The summed E-state index contributed by atoms with van der Waals surface area (Å²) in [6, 6.07) is 9.70. The van der Waals surface area contributed by atoms with Crippen molar-refractivity contribution in [1.29, 1.82) is 0 Å². The monoisotopic (exact) mass is 483 g/mol. The first-order valence-electron chi connectivity index (χ1n) is 11.3. The van der Waals surface area contributed by atoms with Gasteiger partial charge in [0.05, 0.1) is 34.1 Å². The van der Waals surface area contributed by atoms with Crippen molar-refractivity contribution in [3.63, 3.8) is 0 Å². The molecule has 4 rings (SSSR count). The molecule has 0 spiro atoms. The van der Waals surface area contributed by atoms with Crippen LogP contribution in [-0.2, 0) is 6.54 Å². The minimum atomic E-state index is -0.935. The number of nitrogens with one attached hydrogen (secondary N) is 1. The Morgan fingerprint density at radius 3 is 2.59 bits per heavy atom. The van der Waals surface area contributed by atoms with Crippen LogP contribution in [0.5, 0.6) is 0 Å². The molecule has 178 valence electrons. The number of hydrogen-bond donors (Lipinski definition) is 2. The highest BCUT2D eigenvalue weighted by Crippen LogP contribution is 2.27. The van der Waals surface area contributed by atoms with Gasteiger partial charge in [-0.15, -0.1) is 0 Å². The highest BCUT2D eigenvalue weighted by Gasteiger charge is 2.29. The van der Waals surface area contributed by atoms with Gasteiger partial charge >= 0.3 is 5.69 Å². The van der Waals surface area contributed by atoms with Gasteiger partial charge < -0.3 is 10.4 Å². The van der Waals surface area contributed by atoms with Crippen LogP contribution in [0.4, 0.5) is 0 Å². The first-order chi connectivity index (χ1) is 16.4. The average Bonchev–Trinajstić information content (AvgIpc) is 3.06. The average molecular weight is 484 g/mol. The van der Waals surface area contributed by atoms with Crippen LogP contribution in [0.15, 0.2) is 58.4 Å². The van der Waals surface area contributed by atoms with E-state index in [-0.39, 0.29) is 29.4 Å². The van der Waals surface area contributed by atoms with Crippen LogP contribution >= 0.6 is 11.6 Å². The third-order valence-corrected chi connectivity index (χ3v) is 6.39. The predicted octanol–water partition coefficient (Wildman–Crippen LogP) is 2.31. The fraction of sp³-hybridized carbons (Fsp3) is 0.375. The molecule has 0 saturated heterocycles. The van der Waals surface area contributed by atoms with E-state index in [0.717, 1.165) is 41.1 Å². The van der Waals surface area contributed by atoms with E-state index in [1.54, 1.807) is 30.5 Å². The molecule has 1 saturated carbocycles. The van der Waals surface area contributed by atoms with Gasteiger partial charge in [0.2, 0.25) is 0 Å². The van der Waals surface area contributed by atoms with Crippen molar-refractivity contribution < 1.29 is 9.90 Å². The van der Waals surface area contributed by atoms with E-state index < -0.39 is 22.8 Å². The highest BCUT2D eigenvalue weighted by atomic mass is 35.5. The molecule has 1 aliphatic rings. The van der Waals surface area contributed by atoms with Crippen LogP contribution in [0.2, 0.25) is 5.02 Å². The van der Waals surface area contributed by atoms with Crippen molar-refractivity contribution >= 4 is 17.5 Å². The lowest BCUT2D eigenvalue weighted by Crippen LogP contribution is -2.42. The number of halogens is 1. The van der Waals surface area contributed by atoms with Gasteiger partial charge in [-0.2, -0.15) is 9.78 Å². The van der Waals surface area contributed by atoms with Crippen LogP contribution in [-0.4, -0.2) is 42.5 Å². The first-order valence-corrected chi connectivity index (χ1v) is 11.6. The summed E-state index contributed by atoms with van der Waals surface area (Å²) in [6.07, 6.45) is 7.89. The largest absolute Gasteiger partial charge is 0.388 e. The predicted molar refractivity (Wildman–Crippen MR) is 127 cm³/mol. The molecule has 0 atom stereocenters. The number of nitrogens with zero attached hydrogens (tertiary/aromatic N) is 4. The SMILES string of the molecule is O=C(NCC1(O)CCCCCC1)c1cc(-n2ncc(=O)n(Cc3ccccn3)c2=O)ccc1Cl. The lowest BCUT2D eigenvalue weighted by Gasteiger charge is -2.26. The second-order valence-corrected chi connectivity index (χ2v) is 8.98.